The quantitative estimate of drug-likeness (QED) is 0.898. The molecule has 1 aromatic carbocycles. The molecule has 0 saturated carbocycles. The van der Waals surface area contributed by atoms with Gasteiger partial charge in [0, 0.05) is 25.7 Å². The largest absolute Gasteiger partial charge is 0.326 e. The molecular formula is C16H25N3. The highest BCUT2D eigenvalue weighted by Crippen LogP contribution is 2.22. The van der Waals surface area contributed by atoms with Crippen molar-refractivity contribution in [1.29, 1.82) is 0 Å². The van der Waals surface area contributed by atoms with Crippen LogP contribution in [0.1, 0.15) is 30.4 Å². The fourth-order valence-electron chi connectivity index (χ4n) is 3.54. The van der Waals surface area contributed by atoms with Crippen molar-refractivity contribution in [1.82, 2.24) is 9.80 Å². The third-order valence-electron chi connectivity index (χ3n) is 4.52. The molecule has 1 unspecified atom stereocenters. The predicted molar refractivity (Wildman–Crippen MR) is 78.8 cm³/mol. The fourth-order valence-corrected chi connectivity index (χ4v) is 3.54. The Hall–Kier alpha value is -0.900. The summed E-state index contributed by atoms with van der Waals surface area (Å²) in [4.78, 5) is 5.32. The van der Waals surface area contributed by atoms with Crippen LogP contribution in [0.4, 0.5) is 0 Å². The summed E-state index contributed by atoms with van der Waals surface area (Å²) in [5.74, 6) is 0. The van der Waals surface area contributed by atoms with Gasteiger partial charge in [-0.15, -0.1) is 0 Å². The first-order valence-electron chi connectivity index (χ1n) is 7.59. The monoisotopic (exact) mass is 259 g/mol. The Bertz CT molecular complexity index is 418. The normalized spacial score (nSPS) is 25.2. The Kier molecular flexibility index (Phi) is 4.16. The number of fused-ring (bicyclic) bond motifs is 1. The number of hydrogen-bond acceptors (Lipinski definition) is 3. The molecule has 1 aromatic rings. The predicted octanol–water partition coefficient (Wildman–Crippen LogP) is 1.82. The van der Waals surface area contributed by atoms with Crippen LogP contribution in [0.15, 0.2) is 24.3 Å². The second kappa shape index (κ2) is 6.04. The molecule has 3 heteroatoms. The average Bonchev–Trinajstić information content (AvgIpc) is 2.78. The zero-order chi connectivity index (χ0) is 13.1. The van der Waals surface area contributed by atoms with Crippen LogP contribution in [0.5, 0.6) is 0 Å². The van der Waals surface area contributed by atoms with Crippen molar-refractivity contribution in [2.45, 2.75) is 38.4 Å². The third kappa shape index (κ3) is 3.16. The van der Waals surface area contributed by atoms with Crippen LogP contribution in [0.3, 0.4) is 0 Å². The fraction of sp³-hybridized carbons (Fsp3) is 0.625. The molecule has 0 aromatic heterocycles. The van der Waals surface area contributed by atoms with Crippen molar-refractivity contribution < 1.29 is 0 Å². The van der Waals surface area contributed by atoms with Crippen LogP contribution in [0, 0.1) is 0 Å². The van der Waals surface area contributed by atoms with Crippen LogP contribution in [-0.2, 0) is 13.1 Å². The Morgan fingerprint density at radius 3 is 2.84 bits per heavy atom. The van der Waals surface area contributed by atoms with Crippen molar-refractivity contribution in [2.24, 2.45) is 5.73 Å². The highest BCUT2D eigenvalue weighted by molar-refractivity contribution is 5.23. The lowest BCUT2D eigenvalue weighted by Gasteiger charge is -2.25. The van der Waals surface area contributed by atoms with Crippen molar-refractivity contribution in [3.63, 3.8) is 0 Å². The van der Waals surface area contributed by atoms with Crippen LogP contribution < -0.4 is 5.73 Å². The van der Waals surface area contributed by atoms with E-state index in [1.54, 1.807) is 0 Å². The molecule has 2 saturated heterocycles. The van der Waals surface area contributed by atoms with E-state index in [0.717, 1.165) is 12.6 Å². The maximum atomic E-state index is 5.73. The molecule has 0 aliphatic carbocycles. The maximum absolute atomic E-state index is 5.73. The smallest absolute Gasteiger partial charge is 0.0234 e. The molecule has 2 aliphatic rings. The molecule has 2 fully saturated rings. The SMILES string of the molecule is NCc1cccc(CN2CCCN3CCCC3C2)c1. The maximum Gasteiger partial charge on any atom is 0.0234 e. The van der Waals surface area contributed by atoms with Gasteiger partial charge in [-0.3, -0.25) is 9.80 Å². The van der Waals surface area contributed by atoms with Crippen LogP contribution in [0.2, 0.25) is 0 Å². The first-order valence-corrected chi connectivity index (χ1v) is 7.59. The zero-order valence-corrected chi connectivity index (χ0v) is 11.7. The number of rotatable bonds is 3. The summed E-state index contributed by atoms with van der Waals surface area (Å²) in [6.45, 7) is 6.82. The minimum atomic E-state index is 0.643. The molecule has 104 valence electrons. The minimum absolute atomic E-state index is 0.643. The number of benzene rings is 1. The molecule has 19 heavy (non-hydrogen) atoms. The molecule has 2 N–H and O–H groups in total. The van der Waals surface area contributed by atoms with Gasteiger partial charge in [0.2, 0.25) is 0 Å². The van der Waals surface area contributed by atoms with E-state index in [1.807, 2.05) is 0 Å². The van der Waals surface area contributed by atoms with Gasteiger partial charge >= 0.3 is 0 Å². The van der Waals surface area contributed by atoms with Crippen molar-refractivity contribution in [3.8, 4) is 0 Å². The van der Waals surface area contributed by atoms with E-state index in [2.05, 4.69) is 34.1 Å². The summed E-state index contributed by atoms with van der Waals surface area (Å²) >= 11 is 0. The zero-order valence-electron chi connectivity index (χ0n) is 11.7. The number of hydrogen-bond donors (Lipinski definition) is 1. The summed E-state index contributed by atoms with van der Waals surface area (Å²) in [5, 5.41) is 0. The van der Waals surface area contributed by atoms with Gasteiger partial charge in [0.15, 0.2) is 0 Å². The molecule has 0 amide bonds. The Morgan fingerprint density at radius 2 is 1.95 bits per heavy atom. The first-order chi connectivity index (χ1) is 9.35. The van der Waals surface area contributed by atoms with Gasteiger partial charge in [0.05, 0.1) is 0 Å². The van der Waals surface area contributed by atoms with E-state index in [4.69, 9.17) is 5.73 Å². The topological polar surface area (TPSA) is 32.5 Å². The van der Waals surface area contributed by atoms with E-state index in [0.29, 0.717) is 6.54 Å². The standard InChI is InChI=1S/C16H25N3/c17-11-14-4-1-5-15(10-14)12-18-7-3-9-19-8-2-6-16(19)13-18/h1,4-5,10,16H,2-3,6-9,11-13,17H2. The van der Waals surface area contributed by atoms with E-state index >= 15 is 0 Å². The van der Waals surface area contributed by atoms with Gasteiger partial charge in [0.1, 0.15) is 0 Å². The average molecular weight is 259 g/mol. The summed E-state index contributed by atoms with van der Waals surface area (Å²) < 4.78 is 0. The molecular weight excluding hydrogens is 234 g/mol. The van der Waals surface area contributed by atoms with Gasteiger partial charge in [0.25, 0.3) is 0 Å². The Morgan fingerprint density at radius 1 is 1.11 bits per heavy atom. The van der Waals surface area contributed by atoms with E-state index in [1.165, 1.54) is 56.6 Å². The van der Waals surface area contributed by atoms with Gasteiger partial charge in [-0.1, -0.05) is 24.3 Å². The lowest BCUT2D eigenvalue weighted by atomic mass is 10.1. The molecule has 0 bridgehead atoms. The van der Waals surface area contributed by atoms with E-state index in [9.17, 15) is 0 Å². The number of nitrogens with two attached hydrogens (primary N) is 1. The van der Waals surface area contributed by atoms with E-state index < -0.39 is 0 Å². The highest BCUT2D eigenvalue weighted by atomic mass is 15.3. The van der Waals surface area contributed by atoms with Crippen LogP contribution >= 0.6 is 0 Å². The number of nitrogens with zero attached hydrogens (tertiary/aromatic N) is 2. The second-order valence-electron chi connectivity index (χ2n) is 5.94. The lowest BCUT2D eigenvalue weighted by Crippen LogP contribution is -2.36. The van der Waals surface area contributed by atoms with Crippen LogP contribution in [0.25, 0.3) is 0 Å². The summed E-state index contributed by atoms with van der Waals surface area (Å²) in [6, 6.07) is 9.55. The second-order valence-corrected chi connectivity index (χ2v) is 5.94. The molecule has 0 radical (unpaired) electrons. The van der Waals surface area contributed by atoms with Crippen LogP contribution in [-0.4, -0.2) is 42.0 Å². The molecule has 2 aliphatic heterocycles. The summed E-state index contributed by atoms with van der Waals surface area (Å²) in [5.41, 5.74) is 8.38. The third-order valence-corrected chi connectivity index (χ3v) is 4.52. The van der Waals surface area contributed by atoms with Crippen molar-refractivity contribution >= 4 is 0 Å². The molecule has 1 atom stereocenters. The Balaban J connectivity index is 1.65. The summed E-state index contributed by atoms with van der Waals surface area (Å²) in [7, 11) is 0. The van der Waals surface area contributed by atoms with Gasteiger partial charge < -0.3 is 5.73 Å². The molecule has 3 rings (SSSR count). The Labute approximate surface area is 116 Å². The molecule has 2 heterocycles. The van der Waals surface area contributed by atoms with Gasteiger partial charge in [-0.2, -0.15) is 0 Å². The van der Waals surface area contributed by atoms with E-state index in [-0.39, 0.29) is 0 Å². The highest BCUT2D eigenvalue weighted by Gasteiger charge is 2.28. The molecule has 0 spiro atoms. The minimum Gasteiger partial charge on any atom is -0.326 e. The molecule has 3 nitrogen and oxygen atoms in total. The van der Waals surface area contributed by atoms with Gasteiger partial charge in [-0.05, 0) is 50.0 Å². The summed E-state index contributed by atoms with van der Waals surface area (Å²) in [6.07, 6.45) is 4.09. The first kappa shape index (κ1) is 13.1. The van der Waals surface area contributed by atoms with Crippen molar-refractivity contribution in [3.05, 3.63) is 35.4 Å². The van der Waals surface area contributed by atoms with Crippen molar-refractivity contribution in [2.75, 3.05) is 26.2 Å². The van der Waals surface area contributed by atoms with Gasteiger partial charge in [-0.25, -0.2) is 0 Å². The lowest BCUT2D eigenvalue weighted by molar-refractivity contribution is 0.215.